The van der Waals surface area contributed by atoms with Gasteiger partial charge >= 0.3 is 5.97 Å². The van der Waals surface area contributed by atoms with Crippen molar-refractivity contribution in [1.82, 2.24) is 15.1 Å². The monoisotopic (exact) mass is 287 g/mol. The van der Waals surface area contributed by atoms with E-state index < -0.39 is 5.60 Å². The minimum Gasteiger partial charge on any atom is -0.459 e. The Morgan fingerprint density at radius 3 is 2.67 bits per heavy atom. The zero-order valence-electron chi connectivity index (χ0n) is 12.7. The normalized spacial score (nSPS) is 11.4. The van der Waals surface area contributed by atoms with Gasteiger partial charge in [0.05, 0.1) is 18.4 Å². The van der Waals surface area contributed by atoms with Gasteiger partial charge in [0.1, 0.15) is 5.60 Å². The molecule has 5 heteroatoms. The molecule has 0 bridgehead atoms. The van der Waals surface area contributed by atoms with Crippen LogP contribution < -0.4 is 5.32 Å². The number of benzene rings is 1. The molecule has 0 atom stereocenters. The molecule has 0 saturated heterocycles. The first kappa shape index (κ1) is 15.3. The van der Waals surface area contributed by atoms with Crippen LogP contribution in [0.25, 0.3) is 5.69 Å². The van der Waals surface area contributed by atoms with E-state index in [2.05, 4.69) is 10.4 Å². The molecule has 0 saturated carbocycles. The Morgan fingerprint density at radius 2 is 2.00 bits per heavy atom. The SMILES string of the molecule is CC(C)(C)OC(=O)CNCc1cnn(-c2ccccc2)c1. The third kappa shape index (κ3) is 5.04. The molecule has 0 unspecified atom stereocenters. The van der Waals surface area contributed by atoms with E-state index in [-0.39, 0.29) is 12.5 Å². The minimum absolute atomic E-state index is 0.188. The Labute approximate surface area is 124 Å². The van der Waals surface area contributed by atoms with Gasteiger partial charge in [0.15, 0.2) is 0 Å². The lowest BCUT2D eigenvalue weighted by Crippen LogP contribution is -2.31. The van der Waals surface area contributed by atoms with Crippen molar-refractivity contribution >= 4 is 5.97 Å². The molecule has 2 aromatic rings. The van der Waals surface area contributed by atoms with E-state index in [0.29, 0.717) is 6.54 Å². The van der Waals surface area contributed by atoms with E-state index in [1.165, 1.54) is 0 Å². The van der Waals surface area contributed by atoms with Crippen molar-refractivity contribution in [1.29, 1.82) is 0 Å². The van der Waals surface area contributed by atoms with Crippen LogP contribution in [0.15, 0.2) is 42.7 Å². The van der Waals surface area contributed by atoms with Gasteiger partial charge in [-0.1, -0.05) is 18.2 Å². The summed E-state index contributed by atoms with van der Waals surface area (Å²) < 4.78 is 7.04. The maximum atomic E-state index is 11.6. The highest BCUT2D eigenvalue weighted by atomic mass is 16.6. The summed E-state index contributed by atoms with van der Waals surface area (Å²) in [4.78, 5) is 11.6. The minimum atomic E-state index is -0.447. The molecule has 1 aromatic carbocycles. The fourth-order valence-electron chi connectivity index (χ4n) is 1.86. The first-order valence-corrected chi connectivity index (χ1v) is 6.95. The van der Waals surface area contributed by atoms with Crippen LogP contribution in [0.1, 0.15) is 26.3 Å². The van der Waals surface area contributed by atoms with Crippen LogP contribution in [0.3, 0.4) is 0 Å². The number of aromatic nitrogens is 2. The van der Waals surface area contributed by atoms with Gasteiger partial charge in [-0.2, -0.15) is 5.10 Å². The van der Waals surface area contributed by atoms with Crippen molar-refractivity contribution in [3.8, 4) is 5.69 Å². The quantitative estimate of drug-likeness (QED) is 0.857. The molecule has 0 amide bonds. The third-order valence-electron chi connectivity index (χ3n) is 2.68. The first-order chi connectivity index (χ1) is 9.94. The molecule has 1 N–H and O–H groups in total. The van der Waals surface area contributed by atoms with Crippen LogP contribution in [0.5, 0.6) is 0 Å². The Balaban J connectivity index is 1.83. The van der Waals surface area contributed by atoms with E-state index in [9.17, 15) is 4.79 Å². The Bertz CT molecular complexity index is 585. The van der Waals surface area contributed by atoms with Crippen molar-refractivity contribution in [2.24, 2.45) is 0 Å². The average molecular weight is 287 g/mol. The summed E-state index contributed by atoms with van der Waals surface area (Å²) in [5.41, 5.74) is 1.58. The van der Waals surface area contributed by atoms with Crippen LogP contribution in [0.4, 0.5) is 0 Å². The molecule has 1 heterocycles. The molecule has 0 spiro atoms. The van der Waals surface area contributed by atoms with Gasteiger partial charge in [0.25, 0.3) is 0 Å². The Kier molecular flexibility index (Phi) is 4.75. The summed E-state index contributed by atoms with van der Waals surface area (Å²) in [5, 5.41) is 7.37. The molecule has 0 aliphatic rings. The molecule has 2 rings (SSSR count). The summed E-state index contributed by atoms with van der Waals surface area (Å²) in [5.74, 6) is -0.252. The zero-order chi connectivity index (χ0) is 15.3. The number of para-hydroxylation sites is 1. The number of ether oxygens (including phenoxy) is 1. The Hall–Kier alpha value is -2.14. The van der Waals surface area contributed by atoms with Crippen LogP contribution in [-0.2, 0) is 16.1 Å². The maximum Gasteiger partial charge on any atom is 0.320 e. The van der Waals surface area contributed by atoms with Crippen molar-refractivity contribution < 1.29 is 9.53 Å². The molecule has 0 radical (unpaired) electrons. The number of carbonyl (C=O) groups is 1. The van der Waals surface area contributed by atoms with Crippen molar-refractivity contribution in [2.45, 2.75) is 32.9 Å². The van der Waals surface area contributed by atoms with E-state index in [1.54, 1.807) is 6.20 Å². The maximum absolute atomic E-state index is 11.6. The molecule has 0 aliphatic carbocycles. The predicted octanol–water partition coefficient (Wildman–Crippen LogP) is 2.30. The van der Waals surface area contributed by atoms with Crippen molar-refractivity contribution in [2.75, 3.05) is 6.54 Å². The van der Waals surface area contributed by atoms with Crippen LogP contribution >= 0.6 is 0 Å². The summed E-state index contributed by atoms with van der Waals surface area (Å²) >= 11 is 0. The van der Waals surface area contributed by atoms with Crippen LogP contribution in [-0.4, -0.2) is 27.9 Å². The lowest BCUT2D eigenvalue weighted by atomic mass is 10.2. The zero-order valence-corrected chi connectivity index (χ0v) is 12.7. The van der Waals surface area contributed by atoms with Crippen molar-refractivity contribution in [3.63, 3.8) is 0 Å². The number of hydrogen-bond acceptors (Lipinski definition) is 4. The summed E-state index contributed by atoms with van der Waals surface area (Å²) in [6, 6.07) is 9.89. The molecule has 1 aromatic heterocycles. The second-order valence-electron chi connectivity index (χ2n) is 5.82. The molecular weight excluding hydrogens is 266 g/mol. The second kappa shape index (κ2) is 6.54. The standard InChI is InChI=1S/C16H21N3O2/c1-16(2,3)21-15(20)11-17-9-13-10-18-19(12-13)14-7-5-4-6-8-14/h4-8,10,12,17H,9,11H2,1-3H3. The van der Waals surface area contributed by atoms with Gasteiger partial charge in [0.2, 0.25) is 0 Å². The second-order valence-corrected chi connectivity index (χ2v) is 5.82. The van der Waals surface area contributed by atoms with E-state index in [1.807, 2.05) is 62.0 Å². The van der Waals surface area contributed by atoms with Gasteiger partial charge < -0.3 is 10.1 Å². The summed E-state index contributed by atoms with van der Waals surface area (Å²) in [6.07, 6.45) is 3.73. The topological polar surface area (TPSA) is 56.1 Å². The highest BCUT2D eigenvalue weighted by Gasteiger charge is 2.15. The molecule has 112 valence electrons. The van der Waals surface area contributed by atoms with E-state index in [0.717, 1.165) is 11.3 Å². The van der Waals surface area contributed by atoms with Crippen LogP contribution in [0.2, 0.25) is 0 Å². The average Bonchev–Trinajstić information content (AvgIpc) is 2.86. The first-order valence-electron chi connectivity index (χ1n) is 6.95. The number of nitrogens with zero attached hydrogens (tertiary/aromatic N) is 2. The smallest absolute Gasteiger partial charge is 0.320 e. The number of carbonyl (C=O) groups excluding carboxylic acids is 1. The van der Waals surface area contributed by atoms with Gasteiger partial charge in [0, 0.05) is 18.3 Å². The molecule has 21 heavy (non-hydrogen) atoms. The predicted molar refractivity (Wildman–Crippen MR) is 81.1 cm³/mol. The lowest BCUT2D eigenvalue weighted by Gasteiger charge is -2.19. The molecular formula is C16H21N3O2. The number of hydrogen-bond donors (Lipinski definition) is 1. The third-order valence-corrected chi connectivity index (χ3v) is 2.68. The van der Waals surface area contributed by atoms with Gasteiger partial charge in [-0.3, -0.25) is 4.79 Å². The largest absolute Gasteiger partial charge is 0.459 e. The number of nitrogens with one attached hydrogen (secondary N) is 1. The lowest BCUT2D eigenvalue weighted by molar-refractivity contribution is -0.153. The fourth-order valence-corrected chi connectivity index (χ4v) is 1.86. The fraction of sp³-hybridized carbons (Fsp3) is 0.375. The van der Waals surface area contributed by atoms with Gasteiger partial charge in [-0.05, 0) is 32.9 Å². The van der Waals surface area contributed by atoms with Gasteiger partial charge in [-0.15, -0.1) is 0 Å². The van der Waals surface area contributed by atoms with Crippen LogP contribution in [0, 0.1) is 0 Å². The number of esters is 1. The van der Waals surface area contributed by atoms with Gasteiger partial charge in [-0.25, -0.2) is 4.68 Å². The molecule has 5 nitrogen and oxygen atoms in total. The summed E-state index contributed by atoms with van der Waals surface area (Å²) in [7, 11) is 0. The molecule has 0 aliphatic heterocycles. The van der Waals surface area contributed by atoms with E-state index >= 15 is 0 Å². The number of rotatable bonds is 5. The van der Waals surface area contributed by atoms with E-state index in [4.69, 9.17) is 4.74 Å². The Morgan fingerprint density at radius 1 is 1.29 bits per heavy atom. The highest BCUT2D eigenvalue weighted by Crippen LogP contribution is 2.08. The summed E-state index contributed by atoms with van der Waals surface area (Å²) in [6.45, 7) is 6.33. The highest BCUT2D eigenvalue weighted by molar-refractivity contribution is 5.72. The molecule has 0 fully saturated rings. The van der Waals surface area contributed by atoms with Crippen molar-refractivity contribution in [3.05, 3.63) is 48.3 Å².